The molecule has 25 heavy (non-hydrogen) atoms. The second kappa shape index (κ2) is 8.07. The molecule has 0 saturated carbocycles. The first-order valence-electron chi connectivity index (χ1n) is 8.51. The zero-order valence-corrected chi connectivity index (χ0v) is 14.4. The highest BCUT2D eigenvalue weighted by atomic mass is 19.1. The van der Waals surface area contributed by atoms with Crippen LogP contribution in [0.3, 0.4) is 0 Å². The summed E-state index contributed by atoms with van der Waals surface area (Å²) >= 11 is 0. The molecule has 0 atom stereocenters. The van der Waals surface area contributed by atoms with Crippen LogP contribution >= 0.6 is 0 Å². The number of urea groups is 1. The Kier molecular flexibility index (Phi) is 5.60. The van der Waals surface area contributed by atoms with Crippen molar-refractivity contribution in [3.8, 4) is 0 Å². The number of carbonyl (C=O) groups is 1. The van der Waals surface area contributed by atoms with E-state index in [4.69, 9.17) is 0 Å². The fraction of sp³-hybridized carbons (Fsp3) is 0.368. The molecule has 1 aromatic heterocycles. The van der Waals surface area contributed by atoms with E-state index in [1.807, 2.05) is 23.1 Å². The molecule has 2 heterocycles. The Balaban J connectivity index is 1.44. The van der Waals surface area contributed by atoms with Gasteiger partial charge in [0.25, 0.3) is 0 Å². The lowest BCUT2D eigenvalue weighted by atomic mass is 10.1. The van der Waals surface area contributed by atoms with Crippen molar-refractivity contribution in [1.82, 2.24) is 20.1 Å². The van der Waals surface area contributed by atoms with Crippen LogP contribution in [-0.2, 0) is 13.1 Å². The molecule has 132 valence electrons. The topological polar surface area (TPSA) is 48.5 Å². The van der Waals surface area contributed by atoms with Gasteiger partial charge in [0.15, 0.2) is 0 Å². The van der Waals surface area contributed by atoms with Crippen LogP contribution < -0.4 is 5.32 Å². The number of rotatable bonds is 4. The van der Waals surface area contributed by atoms with Crippen molar-refractivity contribution in [2.75, 3.05) is 26.2 Å². The Morgan fingerprint density at radius 1 is 1.12 bits per heavy atom. The standard InChI is InChI=1S/C19H23FN4O/c1-15-2-3-17(12-18(15)20)13-22-19(25)24-10-8-23(9-11-24)14-16-4-6-21-7-5-16/h2-7,12H,8-11,13-14H2,1H3,(H,22,25). The quantitative estimate of drug-likeness (QED) is 0.929. The molecule has 0 aliphatic carbocycles. The Labute approximate surface area is 147 Å². The van der Waals surface area contributed by atoms with Crippen LogP contribution in [-0.4, -0.2) is 47.0 Å². The summed E-state index contributed by atoms with van der Waals surface area (Å²) < 4.78 is 13.5. The Hall–Kier alpha value is -2.47. The zero-order valence-electron chi connectivity index (χ0n) is 14.4. The molecule has 2 aromatic rings. The van der Waals surface area contributed by atoms with Gasteiger partial charge in [0.05, 0.1) is 0 Å². The van der Waals surface area contributed by atoms with Crippen LogP contribution in [0.1, 0.15) is 16.7 Å². The first kappa shape index (κ1) is 17.4. The number of pyridine rings is 1. The van der Waals surface area contributed by atoms with Gasteiger partial charge in [-0.2, -0.15) is 0 Å². The number of piperazine rings is 1. The van der Waals surface area contributed by atoms with Gasteiger partial charge in [-0.1, -0.05) is 12.1 Å². The van der Waals surface area contributed by atoms with Crippen LogP contribution in [0.2, 0.25) is 0 Å². The highest BCUT2D eigenvalue weighted by Crippen LogP contribution is 2.10. The molecular weight excluding hydrogens is 319 g/mol. The molecule has 5 nitrogen and oxygen atoms in total. The van der Waals surface area contributed by atoms with Gasteiger partial charge in [0, 0.05) is 51.7 Å². The molecule has 2 amide bonds. The van der Waals surface area contributed by atoms with E-state index in [9.17, 15) is 9.18 Å². The first-order valence-corrected chi connectivity index (χ1v) is 8.51. The minimum Gasteiger partial charge on any atom is -0.334 e. The maximum absolute atomic E-state index is 13.5. The third-order valence-electron chi connectivity index (χ3n) is 4.50. The average molecular weight is 342 g/mol. The van der Waals surface area contributed by atoms with Gasteiger partial charge in [-0.05, 0) is 41.8 Å². The van der Waals surface area contributed by atoms with E-state index in [2.05, 4.69) is 15.2 Å². The molecule has 0 unspecified atom stereocenters. The van der Waals surface area contributed by atoms with Crippen LogP contribution in [0.25, 0.3) is 0 Å². The van der Waals surface area contributed by atoms with Gasteiger partial charge in [-0.15, -0.1) is 0 Å². The molecule has 3 rings (SSSR count). The summed E-state index contributed by atoms with van der Waals surface area (Å²) in [6.45, 7) is 6.01. The van der Waals surface area contributed by atoms with E-state index in [0.717, 1.165) is 25.2 Å². The van der Waals surface area contributed by atoms with Crippen molar-refractivity contribution in [3.05, 3.63) is 65.2 Å². The smallest absolute Gasteiger partial charge is 0.317 e. The summed E-state index contributed by atoms with van der Waals surface area (Å²) in [4.78, 5) is 20.4. The van der Waals surface area contributed by atoms with Crippen LogP contribution in [0.4, 0.5) is 9.18 Å². The molecule has 6 heteroatoms. The van der Waals surface area contributed by atoms with Gasteiger partial charge < -0.3 is 10.2 Å². The van der Waals surface area contributed by atoms with E-state index in [0.29, 0.717) is 25.2 Å². The van der Waals surface area contributed by atoms with E-state index >= 15 is 0 Å². The van der Waals surface area contributed by atoms with Gasteiger partial charge in [-0.25, -0.2) is 9.18 Å². The molecule has 1 fully saturated rings. The minimum absolute atomic E-state index is 0.0930. The van der Waals surface area contributed by atoms with Crippen LogP contribution in [0.5, 0.6) is 0 Å². The van der Waals surface area contributed by atoms with Crippen molar-refractivity contribution in [2.45, 2.75) is 20.0 Å². The highest BCUT2D eigenvalue weighted by molar-refractivity contribution is 5.74. The van der Waals surface area contributed by atoms with E-state index in [1.165, 1.54) is 11.6 Å². The highest BCUT2D eigenvalue weighted by Gasteiger charge is 2.20. The molecular formula is C19H23FN4O. The van der Waals surface area contributed by atoms with Crippen molar-refractivity contribution in [2.24, 2.45) is 0 Å². The second-order valence-electron chi connectivity index (χ2n) is 6.36. The van der Waals surface area contributed by atoms with E-state index < -0.39 is 0 Å². The number of hydrogen-bond acceptors (Lipinski definition) is 3. The van der Waals surface area contributed by atoms with Crippen LogP contribution in [0, 0.1) is 12.7 Å². The number of carbonyl (C=O) groups excluding carboxylic acids is 1. The summed E-state index contributed by atoms with van der Waals surface area (Å²) in [5, 5.41) is 2.87. The van der Waals surface area contributed by atoms with Gasteiger partial charge in [0.2, 0.25) is 0 Å². The lowest BCUT2D eigenvalue weighted by Crippen LogP contribution is -2.51. The zero-order chi connectivity index (χ0) is 17.6. The SMILES string of the molecule is Cc1ccc(CNC(=O)N2CCN(Cc3ccncc3)CC2)cc1F. The minimum atomic E-state index is -0.239. The first-order chi connectivity index (χ1) is 12.1. The van der Waals surface area contributed by atoms with Crippen molar-refractivity contribution in [3.63, 3.8) is 0 Å². The number of nitrogens with zero attached hydrogens (tertiary/aromatic N) is 3. The molecule has 1 aliphatic heterocycles. The number of amides is 2. The lowest BCUT2D eigenvalue weighted by molar-refractivity contribution is 0.135. The number of aryl methyl sites for hydroxylation is 1. The predicted molar refractivity (Wildman–Crippen MR) is 94.5 cm³/mol. The second-order valence-corrected chi connectivity index (χ2v) is 6.36. The van der Waals surface area contributed by atoms with Gasteiger partial charge >= 0.3 is 6.03 Å². The summed E-state index contributed by atoms with van der Waals surface area (Å²) in [6, 6.07) is 8.98. The molecule has 1 saturated heterocycles. The molecule has 0 bridgehead atoms. The predicted octanol–water partition coefficient (Wildman–Crippen LogP) is 2.56. The van der Waals surface area contributed by atoms with Crippen molar-refractivity contribution in [1.29, 1.82) is 0 Å². The van der Waals surface area contributed by atoms with E-state index in [1.54, 1.807) is 25.4 Å². The molecule has 1 aliphatic rings. The number of benzene rings is 1. The Morgan fingerprint density at radius 3 is 2.52 bits per heavy atom. The molecule has 1 aromatic carbocycles. The maximum atomic E-state index is 13.5. The summed E-state index contributed by atoms with van der Waals surface area (Å²) in [6.07, 6.45) is 3.60. The number of nitrogens with one attached hydrogen (secondary N) is 1. The van der Waals surface area contributed by atoms with Gasteiger partial charge in [0.1, 0.15) is 5.82 Å². The van der Waals surface area contributed by atoms with Crippen LogP contribution in [0.15, 0.2) is 42.7 Å². The largest absolute Gasteiger partial charge is 0.334 e. The average Bonchev–Trinajstić information content (AvgIpc) is 2.64. The summed E-state index contributed by atoms with van der Waals surface area (Å²) in [5.74, 6) is -0.239. The van der Waals surface area contributed by atoms with Gasteiger partial charge in [-0.3, -0.25) is 9.88 Å². The van der Waals surface area contributed by atoms with Crippen molar-refractivity contribution >= 4 is 6.03 Å². The number of aromatic nitrogens is 1. The normalized spacial score (nSPS) is 15.2. The fourth-order valence-electron chi connectivity index (χ4n) is 2.89. The van der Waals surface area contributed by atoms with Crippen molar-refractivity contribution < 1.29 is 9.18 Å². The summed E-state index contributed by atoms with van der Waals surface area (Å²) in [5.41, 5.74) is 2.61. The number of halogens is 1. The fourth-order valence-corrected chi connectivity index (χ4v) is 2.89. The van der Waals surface area contributed by atoms with E-state index in [-0.39, 0.29) is 11.8 Å². The molecule has 1 N–H and O–H groups in total. The molecule has 0 radical (unpaired) electrons. The number of hydrogen-bond donors (Lipinski definition) is 1. The third kappa shape index (κ3) is 4.76. The third-order valence-corrected chi connectivity index (χ3v) is 4.50. The maximum Gasteiger partial charge on any atom is 0.317 e. The summed E-state index contributed by atoms with van der Waals surface area (Å²) in [7, 11) is 0. The Bertz CT molecular complexity index is 715. The monoisotopic (exact) mass is 342 g/mol. The lowest BCUT2D eigenvalue weighted by Gasteiger charge is -2.34. The molecule has 0 spiro atoms. The Morgan fingerprint density at radius 2 is 1.84 bits per heavy atom.